The molecule has 2 amide bonds. The summed E-state index contributed by atoms with van der Waals surface area (Å²) in [6.07, 6.45) is 0.782. The van der Waals surface area contributed by atoms with Gasteiger partial charge in [-0.25, -0.2) is 0 Å². The van der Waals surface area contributed by atoms with Gasteiger partial charge in [0.25, 0.3) is 0 Å². The summed E-state index contributed by atoms with van der Waals surface area (Å²) in [5.74, 6) is -0.348. The van der Waals surface area contributed by atoms with Crippen LogP contribution in [0.2, 0.25) is 0 Å². The lowest BCUT2D eigenvalue weighted by Crippen LogP contribution is -2.40. The molecule has 0 aromatic rings. The first-order chi connectivity index (χ1) is 4.72. The van der Waals surface area contributed by atoms with E-state index in [2.05, 4.69) is 5.32 Å². The van der Waals surface area contributed by atoms with Crippen molar-refractivity contribution in [2.24, 2.45) is 11.7 Å². The van der Waals surface area contributed by atoms with Gasteiger partial charge in [-0.05, 0) is 12.5 Å². The largest absolute Gasteiger partial charge is 0.330 e. The van der Waals surface area contributed by atoms with Crippen LogP contribution in [0.5, 0.6) is 0 Å². The molecule has 1 saturated heterocycles. The number of imide groups is 1. The summed E-state index contributed by atoms with van der Waals surface area (Å²) in [5, 5.41) is 2.21. The third kappa shape index (κ3) is 2.86. The zero-order valence-electron chi connectivity index (χ0n) is 6.00. The fraction of sp³-hybridized carbons (Fsp3) is 0.667. The minimum atomic E-state index is -0.202. The van der Waals surface area contributed by atoms with Crippen molar-refractivity contribution >= 4 is 24.2 Å². The van der Waals surface area contributed by atoms with Crippen molar-refractivity contribution in [1.82, 2.24) is 5.32 Å². The second kappa shape index (κ2) is 4.31. The highest BCUT2D eigenvalue weighted by Gasteiger charge is 2.22. The van der Waals surface area contributed by atoms with Crippen molar-refractivity contribution in [3.63, 3.8) is 0 Å². The first kappa shape index (κ1) is 10.4. The summed E-state index contributed by atoms with van der Waals surface area (Å²) in [5.41, 5.74) is 5.30. The smallest absolute Gasteiger partial charge is 0.226 e. The van der Waals surface area contributed by atoms with Gasteiger partial charge in [0.1, 0.15) is 0 Å². The van der Waals surface area contributed by atoms with Crippen LogP contribution in [0.3, 0.4) is 0 Å². The number of nitrogens with one attached hydrogen (secondary N) is 1. The van der Waals surface area contributed by atoms with E-state index in [0.29, 0.717) is 19.4 Å². The van der Waals surface area contributed by atoms with Crippen molar-refractivity contribution in [3.05, 3.63) is 0 Å². The Morgan fingerprint density at radius 1 is 1.36 bits per heavy atom. The number of amides is 2. The molecule has 4 nitrogen and oxygen atoms in total. The maximum absolute atomic E-state index is 10.7. The van der Waals surface area contributed by atoms with E-state index in [4.69, 9.17) is 5.73 Å². The predicted octanol–water partition coefficient (Wildman–Crippen LogP) is -0.580. The highest BCUT2D eigenvalue weighted by atomic mass is 35.5. The molecular weight excluding hydrogens is 168 g/mol. The molecular formula is C6H11ClN2O2. The highest BCUT2D eigenvalue weighted by molar-refractivity contribution is 5.97. The molecule has 0 radical (unpaired) electrons. The fourth-order valence-corrected chi connectivity index (χ4v) is 1.02. The SMILES string of the molecule is Cl.NCC1CC(=O)NC(=O)C1. The third-order valence-corrected chi connectivity index (χ3v) is 1.56. The lowest BCUT2D eigenvalue weighted by molar-refractivity contribution is -0.134. The van der Waals surface area contributed by atoms with Crippen LogP contribution in [0, 0.1) is 5.92 Å². The summed E-state index contributed by atoms with van der Waals surface area (Å²) in [6, 6.07) is 0. The van der Waals surface area contributed by atoms with Gasteiger partial charge in [-0.3, -0.25) is 14.9 Å². The van der Waals surface area contributed by atoms with E-state index in [9.17, 15) is 9.59 Å². The van der Waals surface area contributed by atoms with E-state index in [-0.39, 0.29) is 30.1 Å². The molecule has 1 aliphatic rings. The summed E-state index contributed by atoms with van der Waals surface area (Å²) in [7, 11) is 0. The Bertz CT molecular complexity index is 156. The molecule has 0 spiro atoms. The van der Waals surface area contributed by atoms with Gasteiger partial charge in [-0.15, -0.1) is 12.4 Å². The number of hydrogen-bond donors (Lipinski definition) is 2. The number of halogens is 1. The fourth-order valence-electron chi connectivity index (χ4n) is 1.02. The van der Waals surface area contributed by atoms with Crippen LogP contribution in [0.4, 0.5) is 0 Å². The second-order valence-electron chi connectivity index (χ2n) is 2.48. The molecule has 0 saturated carbocycles. The van der Waals surface area contributed by atoms with Crippen molar-refractivity contribution in [3.8, 4) is 0 Å². The molecule has 0 aliphatic carbocycles. The molecule has 3 N–H and O–H groups in total. The Kier molecular flexibility index (Phi) is 4.07. The van der Waals surface area contributed by atoms with Crippen molar-refractivity contribution in [2.75, 3.05) is 6.54 Å². The maximum atomic E-state index is 10.7. The second-order valence-corrected chi connectivity index (χ2v) is 2.48. The van der Waals surface area contributed by atoms with Gasteiger partial charge in [0.15, 0.2) is 0 Å². The maximum Gasteiger partial charge on any atom is 0.226 e. The molecule has 0 bridgehead atoms. The molecule has 1 heterocycles. The van der Waals surface area contributed by atoms with Crippen LogP contribution in [-0.4, -0.2) is 18.4 Å². The Hall–Kier alpha value is -0.610. The standard InChI is InChI=1S/C6H10N2O2.ClH/c7-3-4-1-5(9)8-6(10)2-4;/h4H,1-3,7H2,(H,8,9,10);1H. The number of hydrogen-bond acceptors (Lipinski definition) is 3. The van der Waals surface area contributed by atoms with Gasteiger partial charge >= 0.3 is 0 Å². The van der Waals surface area contributed by atoms with Gasteiger partial charge < -0.3 is 5.73 Å². The Morgan fingerprint density at radius 3 is 2.18 bits per heavy atom. The Balaban J connectivity index is 0.000001000. The molecule has 1 fully saturated rings. The number of rotatable bonds is 1. The number of carbonyl (C=O) groups excluding carboxylic acids is 2. The average Bonchev–Trinajstić information content (AvgIpc) is 1.85. The Morgan fingerprint density at radius 2 is 1.82 bits per heavy atom. The molecule has 0 unspecified atom stereocenters. The molecule has 64 valence electrons. The van der Waals surface area contributed by atoms with Gasteiger partial charge in [0, 0.05) is 12.8 Å². The molecule has 1 aliphatic heterocycles. The van der Waals surface area contributed by atoms with Crippen LogP contribution in [0.1, 0.15) is 12.8 Å². The van der Waals surface area contributed by atoms with E-state index in [1.165, 1.54) is 0 Å². The highest BCUT2D eigenvalue weighted by Crippen LogP contribution is 2.10. The molecule has 0 atom stereocenters. The van der Waals surface area contributed by atoms with Crippen molar-refractivity contribution in [1.29, 1.82) is 0 Å². The van der Waals surface area contributed by atoms with Crippen molar-refractivity contribution in [2.45, 2.75) is 12.8 Å². The van der Waals surface area contributed by atoms with E-state index >= 15 is 0 Å². The molecule has 0 aromatic heterocycles. The van der Waals surface area contributed by atoms with Crippen LogP contribution >= 0.6 is 12.4 Å². The van der Waals surface area contributed by atoms with Crippen molar-refractivity contribution < 1.29 is 9.59 Å². The van der Waals surface area contributed by atoms with E-state index in [1.54, 1.807) is 0 Å². The summed E-state index contributed by atoms with van der Waals surface area (Å²) >= 11 is 0. The number of carbonyl (C=O) groups is 2. The third-order valence-electron chi connectivity index (χ3n) is 1.56. The number of nitrogens with two attached hydrogens (primary N) is 1. The quantitative estimate of drug-likeness (QED) is 0.528. The topological polar surface area (TPSA) is 72.2 Å². The monoisotopic (exact) mass is 178 g/mol. The number of piperidine rings is 1. The molecule has 5 heteroatoms. The van der Waals surface area contributed by atoms with E-state index < -0.39 is 0 Å². The first-order valence-electron chi connectivity index (χ1n) is 3.25. The average molecular weight is 179 g/mol. The summed E-state index contributed by atoms with van der Waals surface area (Å²) in [4.78, 5) is 21.3. The zero-order chi connectivity index (χ0) is 7.56. The molecule has 0 aromatic carbocycles. The molecule has 1 rings (SSSR count). The Labute approximate surface area is 70.9 Å². The minimum absolute atomic E-state index is 0. The summed E-state index contributed by atoms with van der Waals surface area (Å²) < 4.78 is 0. The van der Waals surface area contributed by atoms with E-state index in [0.717, 1.165) is 0 Å². The lowest BCUT2D eigenvalue weighted by Gasteiger charge is -2.18. The lowest BCUT2D eigenvalue weighted by atomic mass is 9.97. The van der Waals surface area contributed by atoms with Gasteiger partial charge in [0.05, 0.1) is 0 Å². The minimum Gasteiger partial charge on any atom is -0.330 e. The normalized spacial score (nSPS) is 19.0. The molecule has 11 heavy (non-hydrogen) atoms. The summed E-state index contributed by atoms with van der Waals surface area (Å²) in [6.45, 7) is 0.416. The van der Waals surface area contributed by atoms with Crippen LogP contribution in [0.25, 0.3) is 0 Å². The van der Waals surface area contributed by atoms with Gasteiger partial charge in [-0.2, -0.15) is 0 Å². The first-order valence-corrected chi connectivity index (χ1v) is 3.25. The van der Waals surface area contributed by atoms with Crippen LogP contribution < -0.4 is 11.1 Å². The van der Waals surface area contributed by atoms with Crippen LogP contribution in [-0.2, 0) is 9.59 Å². The van der Waals surface area contributed by atoms with Gasteiger partial charge in [-0.1, -0.05) is 0 Å². The zero-order valence-corrected chi connectivity index (χ0v) is 6.82. The van der Waals surface area contributed by atoms with Gasteiger partial charge in [0.2, 0.25) is 11.8 Å². The predicted molar refractivity (Wildman–Crippen MR) is 42.2 cm³/mol. The van der Waals surface area contributed by atoms with E-state index in [1.807, 2.05) is 0 Å². The van der Waals surface area contributed by atoms with Crippen LogP contribution in [0.15, 0.2) is 0 Å².